The second-order valence-corrected chi connectivity index (χ2v) is 7.84. The molecule has 8 nitrogen and oxygen atoms in total. The van der Waals surface area contributed by atoms with Crippen LogP contribution in [-0.2, 0) is 0 Å². The van der Waals surface area contributed by atoms with Crippen LogP contribution in [0.15, 0.2) is 0 Å². The Labute approximate surface area is 130 Å². The molecule has 1 N–H and O–H groups in total. The van der Waals surface area contributed by atoms with E-state index in [0.29, 0.717) is 23.9 Å². The molecule has 3 aliphatic heterocycles. The van der Waals surface area contributed by atoms with Gasteiger partial charge < -0.3 is 9.59 Å². The van der Waals surface area contributed by atoms with Crippen molar-refractivity contribution in [3.05, 3.63) is 20.2 Å². The summed E-state index contributed by atoms with van der Waals surface area (Å²) in [7, 11) is 0. The van der Waals surface area contributed by atoms with Crippen molar-refractivity contribution in [1.29, 1.82) is 0 Å². The molecule has 3 heterocycles. The molecule has 0 amide bonds. The van der Waals surface area contributed by atoms with Crippen LogP contribution in [0.2, 0.25) is 0 Å². The minimum atomic E-state index is -1.28. The number of hydrogen-bond donors (Lipinski definition) is 1. The quantitative estimate of drug-likeness (QED) is 0.332. The lowest BCUT2D eigenvalue weighted by Gasteiger charge is -2.43. The summed E-state index contributed by atoms with van der Waals surface area (Å²) >= 11 is 3.48. The summed E-state index contributed by atoms with van der Waals surface area (Å²) < 4.78 is 0.324. The van der Waals surface area contributed by atoms with Crippen molar-refractivity contribution in [3.8, 4) is 0 Å². The number of aliphatic hydroxyl groups is 1. The average molecular weight is 365 g/mol. The minimum absolute atomic E-state index is 0.00568. The molecule has 0 aromatic heterocycles. The number of alkyl halides is 1. The predicted molar refractivity (Wildman–Crippen MR) is 76.3 cm³/mol. The molecular formula is C12H19BrN3O5+. The Hall–Kier alpha value is -0.800. The first-order valence-corrected chi connectivity index (χ1v) is 8.10. The van der Waals surface area contributed by atoms with Gasteiger partial charge in [-0.3, -0.25) is 20.2 Å². The van der Waals surface area contributed by atoms with Gasteiger partial charge >= 0.3 is 0 Å². The summed E-state index contributed by atoms with van der Waals surface area (Å²) in [5.74, 6) is 0. The van der Waals surface area contributed by atoms with E-state index in [1.165, 1.54) is 0 Å². The number of halogens is 1. The fraction of sp³-hybridized carbons (Fsp3) is 1.00. The predicted octanol–water partition coefficient (Wildman–Crippen LogP) is 0.558. The fourth-order valence-corrected chi connectivity index (χ4v) is 6.38. The lowest BCUT2D eigenvalue weighted by atomic mass is 9.73. The zero-order valence-corrected chi connectivity index (χ0v) is 13.4. The van der Waals surface area contributed by atoms with Crippen LogP contribution in [0.3, 0.4) is 0 Å². The summed E-state index contributed by atoms with van der Waals surface area (Å²) in [6.07, 6.45) is 1.02. The highest BCUT2D eigenvalue weighted by Gasteiger charge is 2.86. The van der Waals surface area contributed by atoms with Crippen LogP contribution in [0, 0.1) is 20.2 Å². The number of piperidine rings is 1. The molecule has 0 radical (unpaired) electrons. The van der Waals surface area contributed by atoms with Crippen LogP contribution < -0.4 is 0 Å². The van der Waals surface area contributed by atoms with Gasteiger partial charge in [0.05, 0.1) is 13.0 Å². The van der Waals surface area contributed by atoms with Crippen molar-refractivity contribution in [2.45, 2.75) is 54.2 Å². The van der Waals surface area contributed by atoms with Crippen LogP contribution in [-0.4, -0.2) is 67.1 Å². The van der Waals surface area contributed by atoms with Crippen molar-refractivity contribution < 1.29 is 19.4 Å². The normalized spacial score (nSPS) is 48.5. The van der Waals surface area contributed by atoms with E-state index in [-0.39, 0.29) is 46.3 Å². The Kier molecular flexibility index (Phi) is 3.14. The van der Waals surface area contributed by atoms with Gasteiger partial charge in [0.15, 0.2) is 13.1 Å². The van der Waals surface area contributed by atoms with Crippen molar-refractivity contribution in [1.82, 2.24) is 0 Å². The Balaban J connectivity index is 2.13. The monoisotopic (exact) mass is 364 g/mol. The molecule has 1 aliphatic carbocycles. The highest BCUT2D eigenvalue weighted by Crippen LogP contribution is 2.60. The third-order valence-electron chi connectivity index (χ3n) is 6.05. The molecular weight excluding hydrogens is 346 g/mol. The molecule has 6 unspecified atom stereocenters. The lowest BCUT2D eigenvalue weighted by Crippen LogP contribution is -2.67. The third kappa shape index (κ3) is 1.57. The second-order valence-electron chi connectivity index (χ2n) is 6.86. The molecule has 4 bridgehead atoms. The Bertz CT molecular complexity index is 515. The van der Waals surface area contributed by atoms with Crippen LogP contribution in [0.5, 0.6) is 0 Å². The molecule has 21 heavy (non-hydrogen) atoms. The highest BCUT2D eigenvalue weighted by atomic mass is 79.9. The van der Waals surface area contributed by atoms with Gasteiger partial charge in [-0.1, -0.05) is 22.9 Å². The second kappa shape index (κ2) is 4.36. The lowest BCUT2D eigenvalue weighted by molar-refractivity contribution is -0.967. The van der Waals surface area contributed by atoms with E-state index in [4.69, 9.17) is 0 Å². The SMILES string of the molecule is CCC(CO)[N+]12CC3([N+](=O)[O-])CC1C(Br)C([N+](=O)[O-])(C3)C2. The Morgan fingerprint density at radius 1 is 1.38 bits per heavy atom. The maximum atomic E-state index is 11.7. The fourth-order valence-electron chi connectivity index (χ4n) is 5.25. The molecule has 0 spiro atoms. The molecule has 0 aromatic rings. The number of nitrogens with zero attached hydrogens (tertiary/aromatic N) is 3. The van der Waals surface area contributed by atoms with Gasteiger partial charge in [-0.25, -0.2) is 0 Å². The topological polar surface area (TPSA) is 107 Å². The van der Waals surface area contributed by atoms with Gasteiger partial charge in [-0.2, -0.15) is 0 Å². The van der Waals surface area contributed by atoms with E-state index in [1.54, 1.807) is 0 Å². The summed E-state index contributed by atoms with van der Waals surface area (Å²) in [6.45, 7) is 2.43. The maximum absolute atomic E-state index is 11.7. The number of nitro groups is 2. The number of hydrogen-bond acceptors (Lipinski definition) is 5. The minimum Gasteiger partial charge on any atom is -0.390 e. The van der Waals surface area contributed by atoms with E-state index in [1.807, 2.05) is 6.92 Å². The number of quaternary nitrogens is 1. The van der Waals surface area contributed by atoms with Crippen LogP contribution in [0.25, 0.3) is 0 Å². The number of aliphatic hydroxyl groups excluding tert-OH is 1. The van der Waals surface area contributed by atoms with Gasteiger partial charge in [0.25, 0.3) is 11.1 Å². The zero-order valence-electron chi connectivity index (χ0n) is 11.8. The molecule has 9 heteroatoms. The first-order chi connectivity index (χ1) is 9.78. The third-order valence-corrected chi connectivity index (χ3v) is 7.52. The summed E-state index contributed by atoms with van der Waals surface area (Å²) in [4.78, 5) is 22.3. The first-order valence-electron chi connectivity index (χ1n) is 7.18. The van der Waals surface area contributed by atoms with E-state index >= 15 is 0 Å². The van der Waals surface area contributed by atoms with Gasteiger partial charge in [0, 0.05) is 9.85 Å². The van der Waals surface area contributed by atoms with Gasteiger partial charge in [-0.15, -0.1) is 0 Å². The smallest absolute Gasteiger partial charge is 0.294 e. The molecule has 3 saturated heterocycles. The average Bonchev–Trinajstić information content (AvgIpc) is 2.76. The van der Waals surface area contributed by atoms with Crippen LogP contribution in [0.4, 0.5) is 0 Å². The molecule has 118 valence electrons. The zero-order chi connectivity index (χ0) is 15.6. The molecule has 4 fully saturated rings. The summed E-state index contributed by atoms with van der Waals surface area (Å²) in [5, 5.41) is 33.0. The molecule has 4 aliphatic rings. The van der Waals surface area contributed by atoms with E-state index in [9.17, 15) is 25.3 Å². The maximum Gasteiger partial charge on any atom is 0.294 e. The van der Waals surface area contributed by atoms with Crippen LogP contribution >= 0.6 is 15.9 Å². The van der Waals surface area contributed by atoms with Crippen molar-refractivity contribution in [2.24, 2.45) is 0 Å². The largest absolute Gasteiger partial charge is 0.390 e. The first kappa shape index (κ1) is 15.1. The van der Waals surface area contributed by atoms with Crippen LogP contribution in [0.1, 0.15) is 26.2 Å². The molecule has 4 rings (SSSR count). The Morgan fingerprint density at radius 3 is 2.52 bits per heavy atom. The van der Waals surface area contributed by atoms with E-state index < -0.39 is 11.1 Å². The van der Waals surface area contributed by atoms with Gasteiger partial charge in [0.1, 0.15) is 23.3 Å². The van der Waals surface area contributed by atoms with Crippen molar-refractivity contribution in [3.63, 3.8) is 0 Å². The summed E-state index contributed by atoms with van der Waals surface area (Å²) in [5.41, 5.74) is -2.49. The summed E-state index contributed by atoms with van der Waals surface area (Å²) in [6, 6.07) is -0.328. The molecule has 6 atom stereocenters. The van der Waals surface area contributed by atoms with Gasteiger partial charge in [-0.05, 0) is 6.42 Å². The molecule has 1 saturated carbocycles. The number of rotatable bonds is 5. The molecule has 0 aromatic carbocycles. The Morgan fingerprint density at radius 2 is 2.05 bits per heavy atom. The standard InChI is InChI=1S/C12H19BrN3O5/c1-2-8(4-17)16-6-11(14(18)19)3-9(16)10(13)12(5-11,7-16)15(20)21/h8-10,17H,2-7H2,1H3/q+1. The highest BCUT2D eigenvalue weighted by molar-refractivity contribution is 9.09. The van der Waals surface area contributed by atoms with E-state index in [2.05, 4.69) is 15.9 Å². The van der Waals surface area contributed by atoms with Gasteiger partial charge in [0.2, 0.25) is 0 Å². The van der Waals surface area contributed by atoms with Crippen molar-refractivity contribution >= 4 is 15.9 Å². The van der Waals surface area contributed by atoms with E-state index in [0.717, 1.165) is 0 Å². The van der Waals surface area contributed by atoms with Crippen molar-refractivity contribution in [2.75, 3.05) is 19.7 Å².